The van der Waals surface area contributed by atoms with Crippen LogP contribution in [0, 0.1) is 11.3 Å². The van der Waals surface area contributed by atoms with Crippen molar-refractivity contribution < 1.29 is 10.2 Å². The Kier molecular flexibility index (Phi) is 4.96. The first-order chi connectivity index (χ1) is 7.89. The quantitative estimate of drug-likeness (QED) is 0.739. The molecule has 0 aromatic heterocycles. The molecule has 0 radical (unpaired) electrons. The molecule has 0 heterocycles. The predicted molar refractivity (Wildman–Crippen MR) is 71.7 cm³/mol. The third-order valence-corrected chi connectivity index (χ3v) is 4.26. The standard InChI is InChI=1S/C15H26O2/c1-11(9-10-16)5-7-13-12(2)6-8-14(17)15(13,3)4/h9,13-14,16-17H,2,5-8,10H2,1,3-4H3/b11-9+/t13-,14-/m1/s1. The van der Waals surface area contributed by atoms with Gasteiger partial charge in [-0.25, -0.2) is 0 Å². The minimum atomic E-state index is -0.222. The van der Waals surface area contributed by atoms with Crippen LogP contribution in [0.2, 0.25) is 0 Å². The molecule has 2 heteroatoms. The lowest BCUT2D eigenvalue weighted by atomic mass is 9.63. The lowest BCUT2D eigenvalue weighted by Gasteiger charge is -2.44. The van der Waals surface area contributed by atoms with Gasteiger partial charge in [-0.15, -0.1) is 0 Å². The summed E-state index contributed by atoms with van der Waals surface area (Å²) < 4.78 is 0. The van der Waals surface area contributed by atoms with Crippen LogP contribution in [0.5, 0.6) is 0 Å². The molecule has 2 atom stereocenters. The van der Waals surface area contributed by atoms with Crippen LogP contribution in [0.15, 0.2) is 23.8 Å². The first-order valence-corrected chi connectivity index (χ1v) is 6.51. The average molecular weight is 238 g/mol. The van der Waals surface area contributed by atoms with Crippen molar-refractivity contribution in [2.75, 3.05) is 6.61 Å². The summed E-state index contributed by atoms with van der Waals surface area (Å²) in [5, 5.41) is 18.9. The molecule has 0 aromatic rings. The van der Waals surface area contributed by atoms with Crippen LogP contribution in [-0.2, 0) is 0 Å². The highest BCUT2D eigenvalue weighted by Gasteiger charge is 2.40. The van der Waals surface area contributed by atoms with E-state index in [0.29, 0.717) is 5.92 Å². The minimum Gasteiger partial charge on any atom is -0.393 e. The second kappa shape index (κ2) is 5.83. The molecule has 0 spiro atoms. The normalized spacial score (nSPS) is 29.5. The van der Waals surface area contributed by atoms with E-state index in [4.69, 9.17) is 5.11 Å². The van der Waals surface area contributed by atoms with Crippen LogP contribution < -0.4 is 0 Å². The summed E-state index contributed by atoms with van der Waals surface area (Å²) in [6, 6.07) is 0. The first kappa shape index (κ1) is 14.5. The van der Waals surface area contributed by atoms with Gasteiger partial charge in [0.25, 0.3) is 0 Å². The fraction of sp³-hybridized carbons (Fsp3) is 0.733. The van der Waals surface area contributed by atoms with Gasteiger partial charge in [-0.05, 0) is 43.9 Å². The Hall–Kier alpha value is -0.600. The molecule has 1 aliphatic rings. The Morgan fingerprint density at radius 1 is 1.53 bits per heavy atom. The van der Waals surface area contributed by atoms with Gasteiger partial charge in [0.1, 0.15) is 0 Å². The predicted octanol–water partition coefficient (Wildman–Crippen LogP) is 3.06. The van der Waals surface area contributed by atoms with E-state index in [-0.39, 0.29) is 18.1 Å². The SMILES string of the molecule is C=C1CC[C@@H](O)C(C)(C)[C@@H]1CC/C(C)=C/CO. The molecule has 2 nitrogen and oxygen atoms in total. The maximum atomic E-state index is 10.1. The van der Waals surface area contributed by atoms with Crippen LogP contribution in [0.3, 0.4) is 0 Å². The van der Waals surface area contributed by atoms with E-state index in [1.807, 2.05) is 13.0 Å². The van der Waals surface area contributed by atoms with E-state index in [9.17, 15) is 5.11 Å². The molecule has 0 aliphatic heterocycles. The van der Waals surface area contributed by atoms with Gasteiger partial charge < -0.3 is 10.2 Å². The highest BCUT2D eigenvalue weighted by molar-refractivity contribution is 5.13. The maximum Gasteiger partial charge on any atom is 0.0614 e. The largest absolute Gasteiger partial charge is 0.393 e. The third kappa shape index (κ3) is 3.43. The molecule has 0 bridgehead atoms. The van der Waals surface area contributed by atoms with Crippen LogP contribution in [0.25, 0.3) is 0 Å². The van der Waals surface area contributed by atoms with E-state index < -0.39 is 0 Å². The Bertz CT molecular complexity index is 302. The van der Waals surface area contributed by atoms with Crippen LogP contribution >= 0.6 is 0 Å². The van der Waals surface area contributed by atoms with E-state index in [1.54, 1.807) is 0 Å². The molecule has 2 N–H and O–H groups in total. The van der Waals surface area contributed by atoms with Crippen molar-refractivity contribution in [1.29, 1.82) is 0 Å². The number of allylic oxidation sites excluding steroid dienone is 2. The second-order valence-corrected chi connectivity index (χ2v) is 5.86. The molecule has 0 aromatic carbocycles. The Balaban J connectivity index is 2.66. The summed E-state index contributed by atoms with van der Waals surface area (Å²) in [5.41, 5.74) is 2.42. The van der Waals surface area contributed by atoms with Gasteiger partial charge in [-0.2, -0.15) is 0 Å². The van der Waals surface area contributed by atoms with Crippen LogP contribution in [0.1, 0.15) is 46.5 Å². The molecule has 1 aliphatic carbocycles. The fourth-order valence-corrected chi connectivity index (χ4v) is 2.83. The Labute approximate surface area is 105 Å². The summed E-state index contributed by atoms with van der Waals surface area (Å²) in [5.74, 6) is 0.383. The van der Waals surface area contributed by atoms with Crippen molar-refractivity contribution >= 4 is 0 Å². The lowest BCUT2D eigenvalue weighted by Crippen LogP contribution is -2.41. The van der Waals surface area contributed by atoms with Crippen LogP contribution in [0.4, 0.5) is 0 Å². The summed E-state index contributed by atoms with van der Waals surface area (Å²) in [4.78, 5) is 0. The van der Waals surface area contributed by atoms with Gasteiger partial charge in [0, 0.05) is 0 Å². The highest BCUT2D eigenvalue weighted by Crippen LogP contribution is 2.45. The van der Waals surface area contributed by atoms with Crippen molar-refractivity contribution in [3.05, 3.63) is 23.8 Å². The lowest BCUT2D eigenvalue weighted by molar-refractivity contribution is -0.00881. The molecular weight excluding hydrogens is 212 g/mol. The number of hydrogen-bond acceptors (Lipinski definition) is 2. The van der Waals surface area contributed by atoms with Crippen molar-refractivity contribution in [1.82, 2.24) is 0 Å². The molecule has 1 saturated carbocycles. The highest BCUT2D eigenvalue weighted by atomic mass is 16.3. The van der Waals surface area contributed by atoms with E-state index in [2.05, 4.69) is 20.4 Å². The zero-order valence-corrected chi connectivity index (χ0v) is 11.4. The topological polar surface area (TPSA) is 40.5 Å². The van der Waals surface area contributed by atoms with Gasteiger partial charge in [-0.3, -0.25) is 0 Å². The molecular formula is C15H26O2. The molecule has 0 saturated heterocycles. The van der Waals surface area contributed by atoms with Crippen LogP contribution in [-0.4, -0.2) is 22.9 Å². The van der Waals surface area contributed by atoms with E-state index in [1.165, 1.54) is 11.1 Å². The van der Waals surface area contributed by atoms with Gasteiger partial charge in [0.2, 0.25) is 0 Å². The van der Waals surface area contributed by atoms with Gasteiger partial charge in [0.15, 0.2) is 0 Å². The zero-order valence-electron chi connectivity index (χ0n) is 11.4. The Morgan fingerprint density at radius 2 is 2.18 bits per heavy atom. The summed E-state index contributed by atoms with van der Waals surface area (Å²) >= 11 is 0. The van der Waals surface area contributed by atoms with Crippen molar-refractivity contribution in [2.24, 2.45) is 11.3 Å². The fourth-order valence-electron chi connectivity index (χ4n) is 2.83. The zero-order chi connectivity index (χ0) is 13.1. The Morgan fingerprint density at radius 3 is 2.76 bits per heavy atom. The molecule has 0 unspecified atom stereocenters. The molecule has 1 rings (SSSR count). The van der Waals surface area contributed by atoms with Gasteiger partial charge in [0.05, 0.1) is 12.7 Å². The third-order valence-electron chi connectivity index (χ3n) is 4.26. The molecule has 17 heavy (non-hydrogen) atoms. The maximum absolute atomic E-state index is 10.1. The minimum absolute atomic E-state index is 0.0746. The van der Waals surface area contributed by atoms with E-state index in [0.717, 1.165) is 25.7 Å². The molecule has 1 fully saturated rings. The number of aliphatic hydroxyl groups excluding tert-OH is 2. The summed E-state index contributed by atoms with van der Waals surface area (Å²) in [7, 11) is 0. The smallest absolute Gasteiger partial charge is 0.0614 e. The first-order valence-electron chi connectivity index (χ1n) is 6.51. The number of aliphatic hydroxyl groups is 2. The van der Waals surface area contributed by atoms with Gasteiger partial charge >= 0.3 is 0 Å². The van der Waals surface area contributed by atoms with Crippen molar-refractivity contribution in [3.63, 3.8) is 0 Å². The number of rotatable bonds is 4. The number of hydrogen-bond donors (Lipinski definition) is 2. The van der Waals surface area contributed by atoms with Gasteiger partial charge in [-0.1, -0.05) is 37.6 Å². The second-order valence-electron chi connectivity index (χ2n) is 5.86. The summed E-state index contributed by atoms with van der Waals surface area (Å²) in [6.07, 6.45) is 5.41. The molecule has 0 amide bonds. The van der Waals surface area contributed by atoms with Crippen molar-refractivity contribution in [2.45, 2.75) is 52.6 Å². The average Bonchev–Trinajstić information content (AvgIpc) is 2.24. The monoisotopic (exact) mass is 238 g/mol. The van der Waals surface area contributed by atoms with E-state index >= 15 is 0 Å². The molecule has 98 valence electrons. The summed E-state index contributed by atoms with van der Waals surface area (Å²) in [6.45, 7) is 10.6. The van der Waals surface area contributed by atoms with Crippen molar-refractivity contribution in [3.8, 4) is 0 Å².